The van der Waals surface area contributed by atoms with Crippen molar-refractivity contribution < 1.29 is 14.3 Å². The van der Waals surface area contributed by atoms with Gasteiger partial charge in [0.05, 0.1) is 31.3 Å². The lowest BCUT2D eigenvalue weighted by atomic mass is 9.96. The fourth-order valence-electron chi connectivity index (χ4n) is 5.11. The second kappa shape index (κ2) is 10.2. The normalized spacial score (nSPS) is 20.3. The van der Waals surface area contributed by atoms with Gasteiger partial charge in [0.1, 0.15) is 5.75 Å². The first-order chi connectivity index (χ1) is 17.0. The Hall–Kier alpha value is -3.19. The van der Waals surface area contributed by atoms with E-state index in [1.54, 1.807) is 31.4 Å². The van der Waals surface area contributed by atoms with Crippen LogP contribution in [-0.4, -0.2) is 60.9 Å². The molecule has 3 aromatic rings. The topological polar surface area (TPSA) is 53.1 Å². The maximum atomic E-state index is 13.3. The van der Waals surface area contributed by atoms with Gasteiger partial charge in [-0.3, -0.25) is 19.4 Å². The van der Waals surface area contributed by atoms with Crippen molar-refractivity contribution >= 4 is 29.1 Å². The fraction of sp³-hybridized carbons (Fsp3) is 0.286. The molecule has 0 aromatic heterocycles. The summed E-state index contributed by atoms with van der Waals surface area (Å²) in [5, 5.41) is 0.719. The largest absolute Gasteiger partial charge is 0.497 e. The van der Waals surface area contributed by atoms with Crippen LogP contribution in [0.3, 0.4) is 0 Å². The predicted molar refractivity (Wildman–Crippen MR) is 137 cm³/mol. The number of carbonyl (C=O) groups is 2. The summed E-state index contributed by atoms with van der Waals surface area (Å²) in [5.74, 6) is 0.385. The van der Waals surface area contributed by atoms with Gasteiger partial charge in [0.25, 0.3) is 5.91 Å². The molecule has 180 valence electrons. The maximum absolute atomic E-state index is 13.3. The fourth-order valence-corrected chi connectivity index (χ4v) is 5.23. The predicted octanol–water partition coefficient (Wildman–Crippen LogP) is 4.39. The van der Waals surface area contributed by atoms with E-state index in [1.807, 2.05) is 18.2 Å². The third-order valence-electron chi connectivity index (χ3n) is 6.91. The summed E-state index contributed by atoms with van der Waals surface area (Å²) in [6.07, 6.45) is 0.212. The van der Waals surface area contributed by atoms with Gasteiger partial charge in [0, 0.05) is 31.2 Å². The van der Waals surface area contributed by atoms with Crippen LogP contribution in [0.2, 0.25) is 5.02 Å². The van der Waals surface area contributed by atoms with Crippen LogP contribution in [0.15, 0.2) is 78.9 Å². The number of nitrogens with zero attached hydrogens (tertiary/aromatic N) is 3. The third kappa shape index (κ3) is 4.82. The van der Waals surface area contributed by atoms with Gasteiger partial charge in [-0.15, -0.1) is 0 Å². The molecule has 0 aliphatic carbocycles. The van der Waals surface area contributed by atoms with Crippen molar-refractivity contribution in [3.05, 3.63) is 95.0 Å². The summed E-state index contributed by atoms with van der Waals surface area (Å²) in [6, 6.07) is 25.2. The molecule has 2 aliphatic rings. The summed E-state index contributed by atoms with van der Waals surface area (Å²) >= 11 is 6.15. The van der Waals surface area contributed by atoms with E-state index in [4.69, 9.17) is 16.3 Å². The zero-order chi connectivity index (χ0) is 24.4. The van der Waals surface area contributed by atoms with Crippen LogP contribution in [0, 0.1) is 0 Å². The molecule has 0 unspecified atom stereocenters. The van der Waals surface area contributed by atoms with Crippen LogP contribution in [0.25, 0.3) is 0 Å². The Morgan fingerprint density at radius 3 is 2.09 bits per heavy atom. The van der Waals surface area contributed by atoms with Crippen LogP contribution >= 0.6 is 11.6 Å². The van der Waals surface area contributed by atoms with Gasteiger partial charge in [-0.2, -0.15) is 0 Å². The Balaban J connectivity index is 1.30. The molecule has 2 amide bonds. The quantitative estimate of drug-likeness (QED) is 0.481. The highest BCUT2D eigenvalue weighted by atomic mass is 35.5. The molecule has 2 aliphatic heterocycles. The minimum atomic E-state index is -0.419. The van der Waals surface area contributed by atoms with Gasteiger partial charge in [-0.05, 0) is 47.5 Å². The smallest absolute Gasteiger partial charge is 0.251 e. The second-order valence-corrected chi connectivity index (χ2v) is 9.36. The highest BCUT2D eigenvalue weighted by Gasteiger charge is 2.43. The molecule has 0 N–H and O–H groups in total. The number of anilines is 1. The van der Waals surface area contributed by atoms with Crippen LogP contribution < -0.4 is 9.64 Å². The Morgan fingerprint density at radius 1 is 0.829 bits per heavy atom. The molecule has 0 spiro atoms. The molecule has 2 fully saturated rings. The average Bonchev–Trinajstić information content (AvgIpc) is 3.20. The summed E-state index contributed by atoms with van der Waals surface area (Å²) in [7, 11) is 1.59. The van der Waals surface area contributed by atoms with E-state index in [1.165, 1.54) is 16.0 Å². The second-order valence-electron chi connectivity index (χ2n) is 8.92. The lowest BCUT2D eigenvalue weighted by Crippen LogP contribution is -2.53. The van der Waals surface area contributed by atoms with E-state index in [-0.39, 0.29) is 24.3 Å². The van der Waals surface area contributed by atoms with Gasteiger partial charge in [0.2, 0.25) is 5.91 Å². The number of benzene rings is 3. The number of amides is 2. The minimum Gasteiger partial charge on any atom is -0.497 e. The van der Waals surface area contributed by atoms with E-state index in [9.17, 15) is 9.59 Å². The first-order valence-electron chi connectivity index (χ1n) is 11.8. The summed E-state index contributed by atoms with van der Waals surface area (Å²) < 4.78 is 5.19. The van der Waals surface area contributed by atoms with Crippen LogP contribution in [0.1, 0.15) is 23.6 Å². The standard InChI is InChI=1S/C28H28ClN3O3/c1-35-24-13-11-23(12-14-24)32-26(33)19-25(28(32)34)30-15-17-31(18-16-30)27(20-5-3-2-4-6-20)21-7-9-22(29)10-8-21/h2-14,25,27H,15-19H2,1H3/t25-,27+/m0/s1. The first kappa shape index (κ1) is 23.5. The number of hydrogen-bond donors (Lipinski definition) is 0. The monoisotopic (exact) mass is 489 g/mol. The Labute approximate surface area is 210 Å². The summed E-state index contributed by atoms with van der Waals surface area (Å²) in [4.78, 5) is 32.0. The third-order valence-corrected chi connectivity index (χ3v) is 7.16. The number of imide groups is 1. The molecule has 7 heteroatoms. The van der Waals surface area contributed by atoms with E-state index in [0.717, 1.165) is 31.2 Å². The minimum absolute atomic E-state index is 0.104. The number of carbonyl (C=O) groups excluding carboxylic acids is 2. The van der Waals surface area contributed by atoms with Crippen molar-refractivity contribution in [1.29, 1.82) is 0 Å². The van der Waals surface area contributed by atoms with Gasteiger partial charge >= 0.3 is 0 Å². The molecule has 6 nitrogen and oxygen atoms in total. The Kier molecular flexibility index (Phi) is 6.86. The van der Waals surface area contributed by atoms with Crippen molar-refractivity contribution in [3.8, 4) is 5.75 Å². The number of hydrogen-bond acceptors (Lipinski definition) is 5. The molecule has 2 heterocycles. The molecular formula is C28H28ClN3O3. The zero-order valence-corrected chi connectivity index (χ0v) is 20.4. The van der Waals surface area contributed by atoms with Crippen molar-refractivity contribution in [3.63, 3.8) is 0 Å². The summed E-state index contributed by atoms with van der Waals surface area (Å²) in [5.41, 5.74) is 3.00. The molecule has 0 radical (unpaired) electrons. The number of ether oxygens (including phenoxy) is 1. The van der Waals surface area contributed by atoms with Crippen LogP contribution in [-0.2, 0) is 9.59 Å². The molecular weight excluding hydrogens is 462 g/mol. The van der Waals surface area contributed by atoms with E-state index < -0.39 is 6.04 Å². The van der Waals surface area contributed by atoms with Crippen molar-refractivity contribution in [2.75, 3.05) is 38.2 Å². The van der Waals surface area contributed by atoms with Crippen LogP contribution in [0.4, 0.5) is 5.69 Å². The SMILES string of the molecule is COc1ccc(N2C(=O)C[C@H](N3CCN([C@H](c4ccccc4)c4ccc(Cl)cc4)CC3)C2=O)cc1. The van der Waals surface area contributed by atoms with Crippen LogP contribution in [0.5, 0.6) is 5.75 Å². The first-order valence-corrected chi connectivity index (χ1v) is 12.2. The molecule has 35 heavy (non-hydrogen) atoms. The highest BCUT2D eigenvalue weighted by Crippen LogP contribution is 2.32. The van der Waals surface area contributed by atoms with Gasteiger partial charge in [-0.25, -0.2) is 4.90 Å². The Bertz CT molecular complexity index is 1180. The highest BCUT2D eigenvalue weighted by molar-refractivity contribution is 6.30. The van der Waals surface area contributed by atoms with Gasteiger partial charge < -0.3 is 4.74 Å². The zero-order valence-electron chi connectivity index (χ0n) is 19.6. The van der Waals surface area contributed by atoms with Gasteiger partial charge in [0.15, 0.2) is 0 Å². The molecule has 3 aromatic carbocycles. The molecule has 0 bridgehead atoms. The van der Waals surface area contributed by atoms with E-state index in [2.05, 4.69) is 46.2 Å². The van der Waals surface area contributed by atoms with Gasteiger partial charge in [-0.1, -0.05) is 54.1 Å². The van der Waals surface area contributed by atoms with E-state index in [0.29, 0.717) is 11.4 Å². The lowest BCUT2D eigenvalue weighted by molar-refractivity contribution is -0.123. The average molecular weight is 490 g/mol. The Morgan fingerprint density at radius 2 is 1.46 bits per heavy atom. The lowest BCUT2D eigenvalue weighted by Gasteiger charge is -2.41. The summed E-state index contributed by atoms with van der Waals surface area (Å²) in [6.45, 7) is 3.03. The number of piperazine rings is 1. The molecule has 0 saturated carbocycles. The molecule has 5 rings (SSSR count). The van der Waals surface area contributed by atoms with Crippen molar-refractivity contribution in [2.24, 2.45) is 0 Å². The van der Waals surface area contributed by atoms with Crippen molar-refractivity contribution in [2.45, 2.75) is 18.5 Å². The van der Waals surface area contributed by atoms with Crippen molar-refractivity contribution in [1.82, 2.24) is 9.80 Å². The maximum Gasteiger partial charge on any atom is 0.251 e. The number of methoxy groups -OCH3 is 1. The molecule has 2 saturated heterocycles. The number of rotatable bonds is 6. The number of halogens is 1. The van der Waals surface area contributed by atoms with E-state index >= 15 is 0 Å². The molecule has 2 atom stereocenters.